The highest BCUT2D eigenvalue weighted by Gasteiger charge is 2.61. The third kappa shape index (κ3) is 1.02. The Hall–Kier alpha value is -0.610. The first-order valence-electron chi connectivity index (χ1n) is 4.66. The maximum absolute atomic E-state index is 11.0. The van der Waals surface area contributed by atoms with Gasteiger partial charge in [0.25, 0.3) is 0 Å². The molecule has 0 aliphatic heterocycles. The van der Waals surface area contributed by atoms with Crippen LogP contribution in [-0.2, 0) is 4.79 Å². The molecule has 0 atom stereocenters. The summed E-state index contributed by atoms with van der Waals surface area (Å²) in [4.78, 5) is 11.0. The quantitative estimate of drug-likeness (QED) is 0.516. The highest BCUT2D eigenvalue weighted by Crippen LogP contribution is 2.54. The summed E-state index contributed by atoms with van der Waals surface area (Å²) < 4.78 is 0. The van der Waals surface area contributed by atoms with Crippen molar-refractivity contribution in [2.24, 2.45) is 11.3 Å². The van der Waals surface area contributed by atoms with Crippen molar-refractivity contribution in [3.63, 3.8) is 0 Å². The number of aliphatic carboxylic acids is 1. The Morgan fingerprint density at radius 2 is 1.77 bits per heavy atom. The van der Waals surface area contributed by atoms with Crippen molar-refractivity contribution in [2.75, 3.05) is 0 Å². The largest absolute Gasteiger partial charge is 0.481 e. The van der Waals surface area contributed by atoms with Gasteiger partial charge in [-0.3, -0.25) is 4.79 Å². The number of carboxylic acid groups (broad SMARTS) is 1. The molecule has 2 bridgehead atoms. The maximum Gasteiger partial charge on any atom is 0.315 e. The minimum atomic E-state index is -1.99. The van der Waals surface area contributed by atoms with Gasteiger partial charge in [-0.2, -0.15) is 0 Å². The standard InChI is InChI=1S/C9H14O4/c10-7(11)8-3-1-6(2-4-8)5-9(8,12)13/h6,12-13H,1-5H2,(H,10,11). The second-order valence-electron chi connectivity index (χ2n) is 4.35. The zero-order valence-electron chi connectivity index (χ0n) is 7.36. The van der Waals surface area contributed by atoms with Crippen LogP contribution >= 0.6 is 0 Å². The Labute approximate surface area is 76.2 Å². The molecule has 0 unspecified atom stereocenters. The molecule has 3 rings (SSSR count). The van der Waals surface area contributed by atoms with E-state index in [2.05, 4.69) is 0 Å². The van der Waals surface area contributed by atoms with E-state index in [0.717, 1.165) is 12.8 Å². The minimum Gasteiger partial charge on any atom is -0.481 e. The minimum absolute atomic E-state index is 0.222. The highest BCUT2D eigenvalue weighted by molar-refractivity contribution is 5.76. The van der Waals surface area contributed by atoms with Gasteiger partial charge in [0.1, 0.15) is 5.41 Å². The third-order valence-electron chi connectivity index (χ3n) is 3.71. The van der Waals surface area contributed by atoms with E-state index >= 15 is 0 Å². The summed E-state index contributed by atoms with van der Waals surface area (Å²) in [7, 11) is 0. The zero-order valence-corrected chi connectivity index (χ0v) is 7.36. The molecule has 3 aliphatic carbocycles. The Balaban J connectivity index is 2.37. The first-order valence-corrected chi connectivity index (χ1v) is 4.66. The van der Waals surface area contributed by atoms with Crippen molar-refractivity contribution in [3.8, 4) is 0 Å². The van der Waals surface area contributed by atoms with Gasteiger partial charge >= 0.3 is 5.97 Å². The molecule has 0 saturated heterocycles. The van der Waals surface area contributed by atoms with Crippen molar-refractivity contribution in [1.82, 2.24) is 0 Å². The normalized spacial score (nSPS) is 41.8. The van der Waals surface area contributed by atoms with Gasteiger partial charge in [0.15, 0.2) is 5.79 Å². The van der Waals surface area contributed by atoms with E-state index < -0.39 is 17.2 Å². The number of aliphatic hydroxyl groups is 2. The second-order valence-corrected chi connectivity index (χ2v) is 4.35. The van der Waals surface area contributed by atoms with Crippen LogP contribution in [0.3, 0.4) is 0 Å². The average Bonchev–Trinajstić information content (AvgIpc) is 2.03. The molecule has 3 saturated carbocycles. The van der Waals surface area contributed by atoms with Gasteiger partial charge in [-0.25, -0.2) is 0 Å². The molecule has 74 valence electrons. The summed E-state index contributed by atoms with van der Waals surface area (Å²) in [6, 6.07) is 0. The zero-order chi connectivity index (χ0) is 9.69. The molecular formula is C9H14O4. The molecule has 0 spiro atoms. The Morgan fingerprint density at radius 3 is 2.08 bits per heavy atom. The van der Waals surface area contributed by atoms with Gasteiger partial charge in [0, 0.05) is 6.42 Å². The molecule has 0 heterocycles. The number of hydrogen-bond donors (Lipinski definition) is 3. The van der Waals surface area contributed by atoms with Crippen LogP contribution in [0.4, 0.5) is 0 Å². The molecule has 0 aromatic rings. The maximum atomic E-state index is 11.0. The lowest BCUT2D eigenvalue weighted by molar-refractivity contribution is -0.286. The molecule has 0 radical (unpaired) electrons. The molecule has 3 N–H and O–H groups in total. The van der Waals surface area contributed by atoms with Crippen molar-refractivity contribution < 1.29 is 20.1 Å². The molecule has 3 fully saturated rings. The smallest absolute Gasteiger partial charge is 0.315 e. The van der Waals surface area contributed by atoms with Crippen molar-refractivity contribution in [2.45, 2.75) is 37.9 Å². The van der Waals surface area contributed by atoms with E-state index in [9.17, 15) is 15.0 Å². The fourth-order valence-corrected chi connectivity index (χ4v) is 2.76. The fourth-order valence-electron chi connectivity index (χ4n) is 2.76. The Bertz CT molecular complexity index is 238. The average molecular weight is 186 g/mol. The third-order valence-corrected chi connectivity index (χ3v) is 3.71. The van der Waals surface area contributed by atoms with Gasteiger partial charge in [-0.05, 0) is 31.6 Å². The molecule has 4 nitrogen and oxygen atoms in total. The van der Waals surface area contributed by atoms with E-state index in [1.807, 2.05) is 0 Å². The summed E-state index contributed by atoms with van der Waals surface area (Å²) in [5, 5.41) is 28.3. The fraction of sp³-hybridized carbons (Fsp3) is 0.889. The van der Waals surface area contributed by atoms with Gasteiger partial charge in [0.2, 0.25) is 0 Å². The summed E-state index contributed by atoms with van der Waals surface area (Å²) in [6.45, 7) is 0. The number of carbonyl (C=O) groups is 1. The van der Waals surface area contributed by atoms with E-state index in [4.69, 9.17) is 5.11 Å². The lowest BCUT2D eigenvalue weighted by Gasteiger charge is -2.51. The molecule has 3 aliphatic rings. The van der Waals surface area contributed by atoms with Crippen molar-refractivity contribution in [1.29, 1.82) is 0 Å². The predicted molar refractivity (Wildman–Crippen MR) is 43.8 cm³/mol. The summed E-state index contributed by atoms with van der Waals surface area (Å²) in [5.41, 5.74) is -1.29. The summed E-state index contributed by atoms with van der Waals surface area (Å²) in [6.07, 6.45) is 2.66. The van der Waals surface area contributed by atoms with Gasteiger partial charge in [-0.15, -0.1) is 0 Å². The molecule has 13 heavy (non-hydrogen) atoms. The number of rotatable bonds is 1. The van der Waals surface area contributed by atoms with Gasteiger partial charge in [-0.1, -0.05) is 0 Å². The lowest BCUT2D eigenvalue weighted by atomic mass is 9.57. The van der Waals surface area contributed by atoms with E-state index in [1.54, 1.807) is 0 Å². The van der Waals surface area contributed by atoms with Crippen molar-refractivity contribution in [3.05, 3.63) is 0 Å². The number of carboxylic acids is 1. The molecule has 0 aromatic heterocycles. The van der Waals surface area contributed by atoms with E-state index in [1.165, 1.54) is 0 Å². The highest BCUT2D eigenvalue weighted by atomic mass is 16.5. The van der Waals surface area contributed by atoms with Gasteiger partial charge in [0.05, 0.1) is 0 Å². The van der Waals surface area contributed by atoms with Crippen LogP contribution in [-0.4, -0.2) is 27.1 Å². The topological polar surface area (TPSA) is 77.8 Å². The molecule has 0 amide bonds. The molecular weight excluding hydrogens is 172 g/mol. The van der Waals surface area contributed by atoms with Crippen molar-refractivity contribution >= 4 is 5.97 Å². The predicted octanol–water partition coefficient (Wildman–Crippen LogP) is 0.332. The van der Waals surface area contributed by atoms with Crippen LogP contribution in [0.15, 0.2) is 0 Å². The van der Waals surface area contributed by atoms with Crippen LogP contribution in [0.5, 0.6) is 0 Å². The number of hydrogen-bond acceptors (Lipinski definition) is 3. The van der Waals surface area contributed by atoms with E-state index in [0.29, 0.717) is 18.8 Å². The molecule has 0 aromatic carbocycles. The first kappa shape index (κ1) is 8.97. The van der Waals surface area contributed by atoms with Crippen LogP contribution < -0.4 is 0 Å². The first-order chi connectivity index (χ1) is 5.98. The Morgan fingerprint density at radius 1 is 1.23 bits per heavy atom. The molecule has 4 heteroatoms. The number of fused-ring (bicyclic) bond motifs is 3. The summed E-state index contributed by atoms with van der Waals surface area (Å²) in [5.74, 6) is -2.74. The SMILES string of the molecule is O=C(O)C12CCC(CC1)CC2(O)O. The Kier molecular flexibility index (Phi) is 1.69. The van der Waals surface area contributed by atoms with Crippen LogP contribution in [0, 0.1) is 11.3 Å². The lowest BCUT2D eigenvalue weighted by Crippen LogP contribution is -2.60. The monoisotopic (exact) mass is 186 g/mol. The van der Waals surface area contributed by atoms with Crippen LogP contribution in [0.2, 0.25) is 0 Å². The van der Waals surface area contributed by atoms with Gasteiger partial charge < -0.3 is 15.3 Å². The van der Waals surface area contributed by atoms with Crippen LogP contribution in [0.25, 0.3) is 0 Å². The van der Waals surface area contributed by atoms with E-state index in [-0.39, 0.29) is 6.42 Å². The summed E-state index contributed by atoms with van der Waals surface area (Å²) >= 11 is 0. The second kappa shape index (κ2) is 2.45. The van der Waals surface area contributed by atoms with Crippen LogP contribution in [0.1, 0.15) is 32.1 Å².